The minimum Gasteiger partial charge on any atom is -0.340 e. The average molecular weight is 307 g/mol. The van der Waals surface area contributed by atoms with Crippen molar-refractivity contribution >= 4 is 29.2 Å². The molecule has 1 aromatic carbocycles. The lowest BCUT2D eigenvalue weighted by atomic mass is 10.2. The van der Waals surface area contributed by atoms with Crippen LogP contribution < -0.4 is 10.6 Å². The Kier molecular flexibility index (Phi) is 4.59. The third-order valence-electron chi connectivity index (χ3n) is 2.82. The van der Waals surface area contributed by atoms with Crippen molar-refractivity contribution in [3.8, 4) is 0 Å². The lowest BCUT2D eigenvalue weighted by Gasteiger charge is -2.13. The van der Waals surface area contributed by atoms with E-state index in [2.05, 4.69) is 15.7 Å². The van der Waals surface area contributed by atoms with Gasteiger partial charge >= 0.3 is 0 Å². The van der Waals surface area contributed by atoms with Crippen LogP contribution >= 0.6 is 11.6 Å². The van der Waals surface area contributed by atoms with E-state index in [1.165, 1.54) is 0 Å². The highest BCUT2D eigenvalue weighted by Crippen LogP contribution is 2.14. The molecule has 1 heterocycles. The Morgan fingerprint density at radius 2 is 2.00 bits per heavy atom. The van der Waals surface area contributed by atoms with Crippen LogP contribution in [0.4, 0.5) is 5.82 Å². The molecule has 0 radical (unpaired) electrons. The summed E-state index contributed by atoms with van der Waals surface area (Å²) in [6.07, 6.45) is 1.71. The number of nitrogens with zero attached hydrogens (tertiary/aromatic N) is 2. The van der Waals surface area contributed by atoms with E-state index < -0.39 is 11.9 Å². The summed E-state index contributed by atoms with van der Waals surface area (Å²) in [5, 5.41) is 9.58. The number of halogens is 1. The number of carbonyl (C=O) groups excluding carboxylic acids is 2. The van der Waals surface area contributed by atoms with Gasteiger partial charge in [-0.2, -0.15) is 5.10 Å². The highest BCUT2D eigenvalue weighted by atomic mass is 35.5. The number of anilines is 1. The van der Waals surface area contributed by atoms with Crippen molar-refractivity contribution in [3.05, 3.63) is 47.1 Å². The quantitative estimate of drug-likeness (QED) is 0.905. The van der Waals surface area contributed by atoms with E-state index >= 15 is 0 Å². The van der Waals surface area contributed by atoms with Gasteiger partial charge in [0, 0.05) is 19.3 Å². The summed E-state index contributed by atoms with van der Waals surface area (Å²) >= 11 is 5.94. The van der Waals surface area contributed by atoms with Crippen molar-refractivity contribution in [2.24, 2.45) is 7.05 Å². The van der Waals surface area contributed by atoms with Gasteiger partial charge in [0.2, 0.25) is 5.91 Å². The van der Waals surface area contributed by atoms with E-state index in [1.54, 1.807) is 55.2 Å². The SMILES string of the molecule is CC(NC(=O)c1ccccc1Cl)C(=O)Nc1ccn(C)n1. The smallest absolute Gasteiger partial charge is 0.253 e. The molecule has 110 valence electrons. The largest absolute Gasteiger partial charge is 0.340 e. The first kappa shape index (κ1) is 15.1. The van der Waals surface area contributed by atoms with Crippen molar-refractivity contribution in [2.75, 3.05) is 5.32 Å². The van der Waals surface area contributed by atoms with Crippen LogP contribution in [0.15, 0.2) is 36.5 Å². The predicted molar refractivity (Wildman–Crippen MR) is 80.2 cm³/mol. The molecule has 0 aliphatic rings. The molecule has 0 spiro atoms. The lowest BCUT2D eigenvalue weighted by Crippen LogP contribution is -2.41. The molecule has 0 saturated heterocycles. The second-order valence-electron chi connectivity index (χ2n) is 4.54. The molecule has 0 bridgehead atoms. The van der Waals surface area contributed by atoms with E-state index in [9.17, 15) is 9.59 Å². The molecule has 6 nitrogen and oxygen atoms in total. The van der Waals surface area contributed by atoms with Crippen LogP contribution in [-0.4, -0.2) is 27.6 Å². The van der Waals surface area contributed by atoms with Gasteiger partial charge in [-0.15, -0.1) is 0 Å². The molecule has 0 saturated carbocycles. The fraction of sp³-hybridized carbons (Fsp3) is 0.214. The van der Waals surface area contributed by atoms with E-state index in [-0.39, 0.29) is 5.91 Å². The number of hydrogen-bond donors (Lipinski definition) is 2. The summed E-state index contributed by atoms with van der Waals surface area (Å²) in [6, 6.07) is 7.61. The van der Waals surface area contributed by atoms with Crippen LogP contribution in [0.2, 0.25) is 5.02 Å². The van der Waals surface area contributed by atoms with E-state index in [0.29, 0.717) is 16.4 Å². The fourth-order valence-electron chi connectivity index (χ4n) is 1.70. The number of hydrogen-bond acceptors (Lipinski definition) is 3. The van der Waals surface area contributed by atoms with Crippen molar-refractivity contribution in [2.45, 2.75) is 13.0 Å². The maximum absolute atomic E-state index is 12.0. The summed E-state index contributed by atoms with van der Waals surface area (Å²) in [4.78, 5) is 24.0. The Morgan fingerprint density at radius 3 is 2.62 bits per heavy atom. The third kappa shape index (κ3) is 3.82. The number of rotatable bonds is 4. The average Bonchev–Trinajstić information content (AvgIpc) is 2.84. The highest BCUT2D eigenvalue weighted by Gasteiger charge is 2.18. The van der Waals surface area contributed by atoms with Crippen LogP contribution in [0.5, 0.6) is 0 Å². The van der Waals surface area contributed by atoms with Crippen molar-refractivity contribution < 1.29 is 9.59 Å². The van der Waals surface area contributed by atoms with Crippen LogP contribution in [0, 0.1) is 0 Å². The third-order valence-corrected chi connectivity index (χ3v) is 3.15. The molecule has 2 aromatic rings. The predicted octanol–water partition coefficient (Wildman–Crippen LogP) is 1.83. The molecule has 1 unspecified atom stereocenters. The highest BCUT2D eigenvalue weighted by molar-refractivity contribution is 6.33. The summed E-state index contributed by atoms with van der Waals surface area (Å²) in [6.45, 7) is 1.59. The molecule has 0 fully saturated rings. The first-order chi connectivity index (χ1) is 9.97. The van der Waals surface area contributed by atoms with Gasteiger partial charge in [0.25, 0.3) is 5.91 Å². The standard InChI is InChI=1S/C14H15ClN4O2/c1-9(13(20)17-12-7-8-19(2)18-12)16-14(21)10-5-3-4-6-11(10)15/h3-9H,1-2H3,(H,16,21)(H,17,18,20). The molecule has 2 amide bonds. The molecule has 1 atom stereocenters. The van der Waals surface area contributed by atoms with Crippen LogP contribution in [-0.2, 0) is 11.8 Å². The van der Waals surface area contributed by atoms with Gasteiger partial charge < -0.3 is 10.6 Å². The fourth-order valence-corrected chi connectivity index (χ4v) is 1.92. The number of nitrogens with one attached hydrogen (secondary N) is 2. The van der Waals surface area contributed by atoms with Gasteiger partial charge in [-0.25, -0.2) is 0 Å². The summed E-state index contributed by atoms with van der Waals surface area (Å²) < 4.78 is 1.57. The summed E-state index contributed by atoms with van der Waals surface area (Å²) in [7, 11) is 1.75. The second-order valence-corrected chi connectivity index (χ2v) is 4.95. The molecule has 0 aliphatic heterocycles. The Labute approximate surface area is 127 Å². The maximum atomic E-state index is 12.0. The lowest BCUT2D eigenvalue weighted by molar-refractivity contribution is -0.117. The minimum absolute atomic E-state index is 0.330. The van der Waals surface area contributed by atoms with Crippen molar-refractivity contribution in [1.82, 2.24) is 15.1 Å². The Morgan fingerprint density at radius 1 is 1.29 bits per heavy atom. The van der Waals surface area contributed by atoms with Crippen molar-refractivity contribution in [3.63, 3.8) is 0 Å². The zero-order chi connectivity index (χ0) is 15.4. The first-order valence-electron chi connectivity index (χ1n) is 6.33. The Hall–Kier alpha value is -2.34. The van der Waals surface area contributed by atoms with Gasteiger partial charge in [-0.3, -0.25) is 14.3 Å². The topological polar surface area (TPSA) is 76.0 Å². The van der Waals surface area contributed by atoms with Crippen molar-refractivity contribution in [1.29, 1.82) is 0 Å². The molecular formula is C14H15ClN4O2. The van der Waals surface area contributed by atoms with Crippen LogP contribution in [0.3, 0.4) is 0 Å². The molecule has 1 aromatic heterocycles. The zero-order valence-electron chi connectivity index (χ0n) is 11.6. The Bertz CT molecular complexity index is 668. The number of carbonyl (C=O) groups is 2. The van der Waals surface area contributed by atoms with E-state index in [0.717, 1.165) is 0 Å². The van der Waals surface area contributed by atoms with Gasteiger partial charge in [0.15, 0.2) is 5.82 Å². The number of amides is 2. The zero-order valence-corrected chi connectivity index (χ0v) is 12.4. The van der Waals surface area contributed by atoms with Gasteiger partial charge in [0.05, 0.1) is 10.6 Å². The number of aryl methyl sites for hydroxylation is 1. The molecule has 21 heavy (non-hydrogen) atoms. The number of benzene rings is 1. The molecule has 0 aliphatic carbocycles. The number of aromatic nitrogens is 2. The summed E-state index contributed by atoms with van der Waals surface area (Å²) in [5.74, 6) is -0.320. The van der Waals surface area contributed by atoms with Gasteiger partial charge in [0.1, 0.15) is 6.04 Å². The van der Waals surface area contributed by atoms with Crippen LogP contribution in [0.1, 0.15) is 17.3 Å². The first-order valence-corrected chi connectivity index (χ1v) is 6.71. The summed E-state index contributed by atoms with van der Waals surface area (Å²) in [5.41, 5.74) is 0.330. The molecule has 2 N–H and O–H groups in total. The second kappa shape index (κ2) is 6.41. The maximum Gasteiger partial charge on any atom is 0.253 e. The molecule has 2 rings (SSSR count). The van der Waals surface area contributed by atoms with E-state index in [4.69, 9.17) is 11.6 Å². The van der Waals surface area contributed by atoms with Gasteiger partial charge in [-0.1, -0.05) is 23.7 Å². The monoisotopic (exact) mass is 306 g/mol. The van der Waals surface area contributed by atoms with Gasteiger partial charge in [-0.05, 0) is 19.1 Å². The minimum atomic E-state index is -0.712. The molecule has 7 heteroatoms. The van der Waals surface area contributed by atoms with Crippen LogP contribution in [0.25, 0.3) is 0 Å². The van der Waals surface area contributed by atoms with E-state index in [1.807, 2.05) is 0 Å². The Balaban J connectivity index is 1.97. The normalized spacial score (nSPS) is 11.8. The molecular weight excluding hydrogens is 292 g/mol.